The van der Waals surface area contributed by atoms with Gasteiger partial charge in [0.05, 0.1) is 12.6 Å². The third-order valence-electron chi connectivity index (χ3n) is 2.71. The molecule has 0 unspecified atom stereocenters. The maximum Gasteiger partial charge on any atom is 0.251 e. The highest BCUT2D eigenvalue weighted by atomic mass is 79.9. The zero-order valence-electron chi connectivity index (χ0n) is 9.96. The van der Waals surface area contributed by atoms with Gasteiger partial charge in [0.2, 0.25) is 0 Å². The highest BCUT2D eigenvalue weighted by Gasteiger charge is 2.15. The van der Waals surface area contributed by atoms with Gasteiger partial charge in [0.1, 0.15) is 0 Å². The largest absolute Gasteiger partial charge is 0.398 e. The molecule has 0 aliphatic carbocycles. The Hall–Kier alpha value is -1.07. The third-order valence-corrected chi connectivity index (χ3v) is 3.16. The molecule has 0 saturated carbocycles. The fourth-order valence-corrected chi connectivity index (χ4v) is 1.95. The predicted octanol–water partition coefficient (Wildman–Crippen LogP) is 1.84. The van der Waals surface area contributed by atoms with Crippen LogP contribution in [0.15, 0.2) is 16.6 Å². The van der Waals surface area contributed by atoms with E-state index in [0.29, 0.717) is 17.7 Å². The lowest BCUT2D eigenvalue weighted by Crippen LogP contribution is -2.37. The molecular weight excluding hydrogens is 284 g/mol. The summed E-state index contributed by atoms with van der Waals surface area (Å²) in [6, 6.07) is 3.27. The minimum Gasteiger partial charge on any atom is -0.398 e. The van der Waals surface area contributed by atoms with Crippen LogP contribution in [0.2, 0.25) is 0 Å². The SMILES string of the molecule is CC[C@H](CO)NC(=O)c1cc(Br)cc(N)c1C. The zero-order chi connectivity index (χ0) is 13.0. The zero-order valence-corrected chi connectivity index (χ0v) is 11.5. The minimum absolute atomic E-state index is 0.0647. The summed E-state index contributed by atoms with van der Waals surface area (Å²) in [4.78, 5) is 12.0. The number of halogens is 1. The lowest BCUT2D eigenvalue weighted by Gasteiger charge is -2.16. The summed E-state index contributed by atoms with van der Waals surface area (Å²) in [7, 11) is 0. The van der Waals surface area contributed by atoms with Crippen molar-refractivity contribution in [1.29, 1.82) is 0 Å². The lowest BCUT2D eigenvalue weighted by atomic mass is 10.1. The third kappa shape index (κ3) is 3.44. The molecule has 17 heavy (non-hydrogen) atoms. The van der Waals surface area contributed by atoms with Crippen LogP contribution < -0.4 is 11.1 Å². The van der Waals surface area contributed by atoms with Crippen LogP contribution in [0.25, 0.3) is 0 Å². The summed E-state index contributed by atoms with van der Waals surface area (Å²) in [5.41, 5.74) is 7.65. The van der Waals surface area contributed by atoms with Crippen LogP contribution in [0, 0.1) is 6.92 Å². The monoisotopic (exact) mass is 300 g/mol. The highest BCUT2D eigenvalue weighted by molar-refractivity contribution is 9.10. The van der Waals surface area contributed by atoms with Crippen molar-refractivity contribution < 1.29 is 9.90 Å². The second-order valence-corrected chi connectivity index (χ2v) is 4.84. The van der Waals surface area contributed by atoms with Crippen LogP contribution in [-0.2, 0) is 0 Å². The molecule has 1 atom stereocenters. The number of aliphatic hydroxyl groups excluding tert-OH is 1. The predicted molar refractivity (Wildman–Crippen MR) is 71.9 cm³/mol. The highest BCUT2D eigenvalue weighted by Crippen LogP contribution is 2.22. The van der Waals surface area contributed by atoms with Crippen molar-refractivity contribution >= 4 is 27.5 Å². The standard InChI is InChI=1S/C12H17BrN2O2/c1-3-9(6-16)15-12(17)10-4-8(13)5-11(14)7(10)2/h4-5,9,16H,3,6,14H2,1-2H3,(H,15,17)/t9-/m1/s1. The topological polar surface area (TPSA) is 75.3 Å². The first kappa shape index (κ1) is 14.0. The number of anilines is 1. The second-order valence-electron chi connectivity index (χ2n) is 3.93. The number of rotatable bonds is 4. The van der Waals surface area contributed by atoms with Crippen LogP contribution in [-0.4, -0.2) is 23.7 Å². The summed E-state index contributed by atoms with van der Waals surface area (Å²) >= 11 is 3.31. The number of nitrogen functional groups attached to an aromatic ring is 1. The molecule has 0 fully saturated rings. The summed E-state index contributed by atoms with van der Waals surface area (Å²) in [5.74, 6) is -0.212. The van der Waals surface area contributed by atoms with E-state index in [2.05, 4.69) is 21.2 Å². The Balaban J connectivity index is 2.96. The molecule has 5 heteroatoms. The number of hydrogen-bond donors (Lipinski definition) is 3. The smallest absolute Gasteiger partial charge is 0.251 e. The van der Waals surface area contributed by atoms with E-state index < -0.39 is 0 Å². The number of nitrogens with one attached hydrogen (secondary N) is 1. The average molecular weight is 301 g/mol. The maximum atomic E-state index is 12.0. The quantitative estimate of drug-likeness (QED) is 0.743. The molecular formula is C12H17BrN2O2. The van der Waals surface area contributed by atoms with Crippen molar-refractivity contribution in [3.05, 3.63) is 27.7 Å². The fourth-order valence-electron chi connectivity index (χ4n) is 1.48. The molecule has 94 valence electrons. The number of aliphatic hydroxyl groups is 1. The molecule has 4 N–H and O–H groups in total. The number of benzene rings is 1. The Kier molecular flexibility index (Phi) is 4.96. The first-order chi connectivity index (χ1) is 7.99. The molecule has 0 bridgehead atoms. The minimum atomic E-state index is -0.220. The van der Waals surface area contributed by atoms with Gasteiger partial charge in [-0.15, -0.1) is 0 Å². The average Bonchev–Trinajstić information content (AvgIpc) is 2.30. The number of amides is 1. The van der Waals surface area contributed by atoms with Gasteiger partial charge in [-0.2, -0.15) is 0 Å². The summed E-state index contributed by atoms with van der Waals surface area (Å²) in [6.07, 6.45) is 0.685. The number of nitrogens with two attached hydrogens (primary N) is 1. The Morgan fingerprint density at radius 1 is 1.59 bits per heavy atom. The van der Waals surface area contributed by atoms with Crippen molar-refractivity contribution in [3.63, 3.8) is 0 Å². The van der Waals surface area contributed by atoms with Gasteiger partial charge >= 0.3 is 0 Å². The van der Waals surface area contributed by atoms with Crippen LogP contribution >= 0.6 is 15.9 Å². The normalized spacial score (nSPS) is 12.2. The number of carbonyl (C=O) groups is 1. The maximum absolute atomic E-state index is 12.0. The van der Waals surface area contributed by atoms with Crippen molar-refractivity contribution in [2.75, 3.05) is 12.3 Å². The van der Waals surface area contributed by atoms with Crippen LogP contribution in [0.3, 0.4) is 0 Å². The van der Waals surface area contributed by atoms with E-state index in [1.807, 2.05) is 6.92 Å². The van der Waals surface area contributed by atoms with Crippen LogP contribution in [0.1, 0.15) is 29.3 Å². The van der Waals surface area contributed by atoms with Crippen LogP contribution in [0.4, 0.5) is 5.69 Å². The van der Waals surface area contributed by atoms with E-state index >= 15 is 0 Å². The van der Waals surface area contributed by atoms with Gasteiger partial charge in [-0.05, 0) is 31.0 Å². The summed E-state index contributed by atoms with van der Waals surface area (Å²) < 4.78 is 0.766. The number of carbonyl (C=O) groups excluding carboxylic acids is 1. The Labute approximate surface area is 109 Å². The Morgan fingerprint density at radius 2 is 2.24 bits per heavy atom. The number of hydrogen-bond acceptors (Lipinski definition) is 3. The Bertz CT molecular complexity index is 417. The van der Waals surface area contributed by atoms with Gasteiger partial charge in [0, 0.05) is 15.7 Å². The molecule has 0 spiro atoms. The van der Waals surface area contributed by atoms with Crippen LogP contribution in [0.5, 0.6) is 0 Å². The van der Waals surface area contributed by atoms with Gasteiger partial charge in [0.15, 0.2) is 0 Å². The first-order valence-electron chi connectivity index (χ1n) is 5.46. The molecule has 0 aliphatic rings. The molecule has 0 saturated heterocycles. The first-order valence-corrected chi connectivity index (χ1v) is 6.26. The van der Waals surface area contributed by atoms with Gasteiger partial charge < -0.3 is 16.2 Å². The molecule has 4 nitrogen and oxygen atoms in total. The molecule has 1 rings (SSSR count). The van der Waals surface area contributed by atoms with Crippen molar-refractivity contribution in [2.45, 2.75) is 26.3 Å². The van der Waals surface area contributed by atoms with Gasteiger partial charge in [-0.1, -0.05) is 22.9 Å². The molecule has 0 aliphatic heterocycles. The molecule has 1 aromatic carbocycles. The van der Waals surface area contributed by atoms with E-state index in [-0.39, 0.29) is 18.6 Å². The van der Waals surface area contributed by atoms with Crippen molar-refractivity contribution in [3.8, 4) is 0 Å². The van der Waals surface area contributed by atoms with Crippen molar-refractivity contribution in [1.82, 2.24) is 5.32 Å². The lowest BCUT2D eigenvalue weighted by molar-refractivity contribution is 0.0914. The molecule has 0 heterocycles. The molecule has 0 radical (unpaired) electrons. The van der Waals surface area contributed by atoms with E-state index in [1.165, 1.54) is 0 Å². The van der Waals surface area contributed by atoms with Crippen molar-refractivity contribution in [2.24, 2.45) is 0 Å². The summed E-state index contributed by atoms with van der Waals surface area (Å²) in [6.45, 7) is 3.64. The summed E-state index contributed by atoms with van der Waals surface area (Å²) in [5, 5.41) is 11.8. The van der Waals surface area contributed by atoms with E-state index in [1.54, 1.807) is 19.1 Å². The van der Waals surface area contributed by atoms with E-state index in [9.17, 15) is 4.79 Å². The Morgan fingerprint density at radius 3 is 2.76 bits per heavy atom. The van der Waals surface area contributed by atoms with E-state index in [4.69, 9.17) is 10.8 Å². The molecule has 0 aromatic heterocycles. The fraction of sp³-hybridized carbons (Fsp3) is 0.417. The van der Waals surface area contributed by atoms with Gasteiger partial charge in [-0.25, -0.2) is 0 Å². The van der Waals surface area contributed by atoms with Gasteiger partial charge in [-0.3, -0.25) is 4.79 Å². The molecule has 1 amide bonds. The second kappa shape index (κ2) is 6.02. The van der Waals surface area contributed by atoms with Gasteiger partial charge in [0.25, 0.3) is 5.91 Å². The van der Waals surface area contributed by atoms with E-state index in [0.717, 1.165) is 10.0 Å². The molecule has 1 aromatic rings.